The molecule has 1 amide bonds. The van der Waals surface area contributed by atoms with Crippen LogP contribution in [-0.2, 0) is 14.9 Å². The first kappa shape index (κ1) is 20.4. The molecule has 0 unspecified atom stereocenters. The largest absolute Gasteiger partial charge is 0.490 e. The van der Waals surface area contributed by atoms with E-state index in [2.05, 4.69) is 5.32 Å². The predicted molar refractivity (Wildman–Crippen MR) is 113 cm³/mol. The van der Waals surface area contributed by atoms with Crippen LogP contribution in [0.3, 0.4) is 0 Å². The Labute approximate surface area is 173 Å². The molecule has 2 aromatic carbocycles. The van der Waals surface area contributed by atoms with E-state index in [4.69, 9.17) is 21.1 Å². The molecule has 0 radical (unpaired) electrons. The second-order valence-electron chi connectivity index (χ2n) is 5.84. The van der Waals surface area contributed by atoms with Gasteiger partial charge in [0.2, 0.25) is 0 Å². The highest BCUT2D eigenvalue weighted by Gasteiger charge is 2.23. The molecule has 0 atom stereocenters. The monoisotopic (exact) mass is 435 g/mol. The topological polar surface area (TPSA) is 81.7 Å². The molecule has 0 saturated carbocycles. The van der Waals surface area contributed by atoms with Gasteiger partial charge in [-0.05, 0) is 49.8 Å². The molecular weight excluding hydrogens is 418 g/mol. The summed E-state index contributed by atoms with van der Waals surface area (Å²) in [6.07, 6.45) is 1.65. The van der Waals surface area contributed by atoms with Gasteiger partial charge in [-0.25, -0.2) is 0 Å². The molecule has 0 aromatic heterocycles. The van der Waals surface area contributed by atoms with Gasteiger partial charge in [-0.2, -0.15) is 8.42 Å². The van der Waals surface area contributed by atoms with E-state index in [0.29, 0.717) is 21.4 Å². The van der Waals surface area contributed by atoms with Gasteiger partial charge in [0.05, 0.1) is 11.5 Å². The summed E-state index contributed by atoms with van der Waals surface area (Å²) in [6, 6.07) is 11.1. The number of carbonyl (C=O) groups is 1. The van der Waals surface area contributed by atoms with Crippen LogP contribution in [0.25, 0.3) is 6.08 Å². The number of aryl methyl sites for hydroxylation is 1. The molecule has 3 rings (SSSR count). The van der Waals surface area contributed by atoms with Gasteiger partial charge in [0.25, 0.3) is 5.91 Å². The first-order valence-electron chi connectivity index (χ1n) is 8.31. The summed E-state index contributed by atoms with van der Waals surface area (Å²) in [7, 11) is -4.00. The zero-order valence-electron chi connectivity index (χ0n) is 15.1. The molecule has 0 bridgehead atoms. The maximum atomic E-state index is 12.6. The second kappa shape index (κ2) is 8.34. The number of rotatable bonds is 6. The number of hydrogen-bond acceptors (Lipinski definition) is 7. The van der Waals surface area contributed by atoms with Crippen molar-refractivity contribution in [3.8, 4) is 11.5 Å². The van der Waals surface area contributed by atoms with E-state index in [1.807, 2.05) is 6.92 Å². The number of ether oxygens (including phenoxy) is 1. The highest BCUT2D eigenvalue weighted by Crippen LogP contribution is 2.33. The van der Waals surface area contributed by atoms with Crippen molar-refractivity contribution in [2.75, 3.05) is 6.61 Å². The van der Waals surface area contributed by atoms with Crippen LogP contribution in [0.15, 0.2) is 52.3 Å². The van der Waals surface area contributed by atoms with Crippen LogP contribution < -0.4 is 14.2 Å². The summed E-state index contributed by atoms with van der Waals surface area (Å²) < 4.78 is 36.3. The Morgan fingerprint density at radius 1 is 1.14 bits per heavy atom. The van der Waals surface area contributed by atoms with Crippen LogP contribution >= 0.6 is 24.0 Å². The first-order chi connectivity index (χ1) is 13.3. The van der Waals surface area contributed by atoms with Crippen LogP contribution in [-0.4, -0.2) is 25.3 Å². The molecule has 28 heavy (non-hydrogen) atoms. The summed E-state index contributed by atoms with van der Waals surface area (Å²) in [5.41, 5.74) is 1.60. The zero-order valence-corrected chi connectivity index (χ0v) is 17.5. The number of amides is 1. The molecule has 1 saturated heterocycles. The van der Waals surface area contributed by atoms with Crippen molar-refractivity contribution >= 4 is 50.4 Å². The lowest BCUT2D eigenvalue weighted by Gasteiger charge is -2.13. The standard InChI is InChI=1S/C19H17NO5S3/c1-3-24-16-10-13(11-17-18(21)20-19(26)27-17)6-9-15(16)25-28(22,23)14-7-4-12(2)5-8-14/h4-11H,3H2,1-2H3,(H,20,21,26)/b17-11-. The lowest BCUT2D eigenvalue weighted by Crippen LogP contribution is -2.17. The third-order valence-corrected chi connectivity index (χ3v) is 6.13. The van der Waals surface area contributed by atoms with Gasteiger partial charge in [0, 0.05) is 0 Å². The van der Waals surface area contributed by atoms with Crippen molar-refractivity contribution in [1.29, 1.82) is 0 Å². The Hall–Kier alpha value is -2.36. The van der Waals surface area contributed by atoms with Crippen molar-refractivity contribution in [3.05, 3.63) is 58.5 Å². The van der Waals surface area contributed by atoms with Crippen LogP contribution in [0.1, 0.15) is 18.1 Å². The van der Waals surface area contributed by atoms with Gasteiger partial charge >= 0.3 is 10.1 Å². The fourth-order valence-electron chi connectivity index (χ4n) is 2.40. The first-order valence-corrected chi connectivity index (χ1v) is 10.9. The summed E-state index contributed by atoms with van der Waals surface area (Å²) in [6.45, 7) is 3.97. The Kier molecular flexibility index (Phi) is 6.07. The molecule has 9 heteroatoms. The molecule has 0 spiro atoms. The number of carbonyl (C=O) groups excluding carboxylic acids is 1. The van der Waals surface area contributed by atoms with Crippen LogP contribution in [0.5, 0.6) is 11.5 Å². The summed E-state index contributed by atoms with van der Waals surface area (Å²) >= 11 is 6.13. The van der Waals surface area contributed by atoms with Crippen LogP contribution in [0, 0.1) is 6.92 Å². The highest BCUT2D eigenvalue weighted by molar-refractivity contribution is 8.26. The van der Waals surface area contributed by atoms with Crippen molar-refractivity contribution in [2.45, 2.75) is 18.7 Å². The molecular formula is C19H17NO5S3. The highest BCUT2D eigenvalue weighted by atomic mass is 32.2. The molecule has 1 heterocycles. The number of hydrogen-bond donors (Lipinski definition) is 1. The van der Waals surface area contributed by atoms with Crippen molar-refractivity contribution in [1.82, 2.24) is 5.32 Å². The van der Waals surface area contributed by atoms with E-state index in [1.165, 1.54) is 18.2 Å². The lowest BCUT2D eigenvalue weighted by molar-refractivity contribution is -0.115. The van der Waals surface area contributed by atoms with Gasteiger partial charge in [-0.15, -0.1) is 0 Å². The fourth-order valence-corrected chi connectivity index (χ4v) is 4.38. The Balaban J connectivity index is 1.91. The lowest BCUT2D eigenvalue weighted by atomic mass is 10.2. The van der Waals surface area contributed by atoms with Gasteiger partial charge in [0.1, 0.15) is 9.22 Å². The van der Waals surface area contributed by atoms with Gasteiger partial charge < -0.3 is 14.2 Å². The number of thioether (sulfide) groups is 1. The second-order valence-corrected chi connectivity index (χ2v) is 9.11. The normalized spacial score (nSPS) is 15.6. The quantitative estimate of drug-likeness (QED) is 0.421. The Morgan fingerprint density at radius 3 is 2.46 bits per heavy atom. The van der Waals surface area contributed by atoms with Gasteiger partial charge in [-0.3, -0.25) is 4.79 Å². The minimum atomic E-state index is -4.00. The average Bonchev–Trinajstić information content (AvgIpc) is 2.95. The molecule has 0 aliphatic carbocycles. The molecule has 1 fully saturated rings. The molecule has 1 aliphatic rings. The average molecular weight is 436 g/mol. The molecule has 6 nitrogen and oxygen atoms in total. The molecule has 1 aliphatic heterocycles. The van der Waals surface area contributed by atoms with E-state index in [9.17, 15) is 13.2 Å². The fraction of sp³-hybridized carbons (Fsp3) is 0.158. The third-order valence-electron chi connectivity index (χ3n) is 3.72. The molecule has 1 N–H and O–H groups in total. The predicted octanol–water partition coefficient (Wildman–Crippen LogP) is 3.65. The van der Waals surface area contributed by atoms with Crippen LogP contribution in [0.2, 0.25) is 0 Å². The van der Waals surface area contributed by atoms with Gasteiger partial charge in [-0.1, -0.05) is 47.7 Å². The maximum absolute atomic E-state index is 12.6. The Morgan fingerprint density at radius 2 is 1.86 bits per heavy atom. The summed E-state index contributed by atoms with van der Waals surface area (Å²) in [5, 5.41) is 2.54. The summed E-state index contributed by atoms with van der Waals surface area (Å²) in [5.74, 6) is 0.0670. The Bertz CT molecular complexity index is 1060. The van der Waals surface area contributed by atoms with E-state index < -0.39 is 10.1 Å². The molecule has 146 valence electrons. The summed E-state index contributed by atoms with van der Waals surface area (Å²) in [4.78, 5) is 12.3. The minimum Gasteiger partial charge on any atom is -0.490 e. The van der Waals surface area contributed by atoms with Gasteiger partial charge in [0.15, 0.2) is 11.5 Å². The minimum absolute atomic E-state index is 0.0549. The third kappa shape index (κ3) is 4.73. The number of thiocarbonyl (C=S) groups is 1. The van der Waals surface area contributed by atoms with E-state index in [-0.39, 0.29) is 22.3 Å². The van der Waals surface area contributed by atoms with Crippen molar-refractivity contribution in [2.24, 2.45) is 0 Å². The zero-order chi connectivity index (χ0) is 20.3. The molecule has 2 aromatic rings. The smallest absolute Gasteiger partial charge is 0.339 e. The van der Waals surface area contributed by atoms with E-state index in [0.717, 1.165) is 17.3 Å². The number of nitrogens with one attached hydrogen (secondary N) is 1. The van der Waals surface area contributed by atoms with Crippen molar-refractivity contribution in [3.63, 3.8) is 0 Å². The van der Waals surface area contributed by atoms with E-state index in [1.54, 1.807) is 37.3 Å². The number of benzene rings is 2. The van der Waals surface area contributed by atoms with E-state index >= 15 is 0 Å². The SMILES string of the molecule is CCOc1cc(/C=C2\SC(=S)NC2=O)ccc1OS(=O)(=O)c1ccc(C)cc1. The van der Waals surface area contributed by atoms with Crippen LogP contribution in [0.4, 0.5) is 0 Å². The van der Waals surface area contributed by atoms with Crippen molar-refractivity contribution < 1.29 is 22.1 Å². The maximum Gasteiger partial charge on any atom is 0.339 e.